The largest absolute Gasteiger partial charge is 0.336 e. The van der Waals surface area contributed by atoms with Crippen LogP contribution in [0.15, 0.2) is 47.8 Å². The van der Waals surface area contributed by atoms with Crippen LogP contribution < -0.4 is 10.6 Å². The number of urea groups is 1. The van der Waals surface area contributed by atoms with E-state index >= 15 is 0 Å². The van der Waals surface area contributed by atoms with Gasteiger partial charge in [0.1, 0.15) is 0 Å². The lowest BCUT2D eigenvalue weighted by Gasteiger charge is -2.24. The minimum atomic E-state index is -0.453. The number of hydrogen-bond donors (Lipinski definition) is 2. The highest BCUT2D eigenvalue weighted by molar-refractivity contribution is 7.10. The summed E-state index contributed by atoms with van der Waals surface area (Å²) in [6.45, 7) is 2.75. The van der Waals surface area contributed by atoms with E-state index in [-0.39, 0.29) is 18.0 Å². The molecule has 5 nitrogen and oxygen atoms in total. The van der Waals surface area contributed by atoms with Crippen LogP contribution in [0, 0.1) is 0 Å². The van der Waals surface area contributed by atoms with Crippen molar-refractivity contribution in [3.63, 3.8) is 0 Å². The molecule has 2 atom stereocenters. The molecule has 1 fully saturated rings. The van der Waals surface area contributed by atoms with Crippen molar-refractivity contribution in [3.8, 4) is 0 Å². The Hall–Kier alpha value is -2.18. The number of carbonyl (C=O) groups is 2. The van der Waals surface area contributed by atoms with Crippen molar-refractivity contribution in [1.82, 2.24) is 15.5 Å². The summed E-state index contributed by atoms with van der Waals surface area (Å²) in [7, 11) is 0. The summed E-state index contributed by atoms with van der Waals surface area (Å²) in [6, 6.07) is 13.2. The van der Waals surface area contributed by atoms with E-state index in [2.05, 4.69) is 16.7 Å². The Morgan fingerprint density at radius 2 is 2.04 bits per heavy atom. The lowest BCUT2D eigenvalue weighted by atomic mass is 10.0. The molecule has 6 heteroatoms. The van der Waals surface area contributed by atoms with Crippen LogP contribution in [-0.2, 0) is 4.79 Å². The second-order valence-corrected chi connectivity index (χ2v) is 6.45. The van der Waals surface area contributed by atoms with Gasteiger partial charge in [-0.1, -0.05) is 36.4 Å². The molecule has 0 saturated carbocycles. The van der Waals surface area contributed by atoms with Gasteiger partial charge in [0.25, 0.3) is 0 Å². The van der Waals surface area contributed by atoms with Crippen LogP contribution in [0.3, 0.4) is 0 Å². The Kier molecular flexibility index (Phi) is 4.73. The molecule has 23 heavy (non-hydrogen) atoms. The van der Waals surface area contributed by atoms with Crippen molar-refractivity contribution in [1.29, 1.82) is 0 Å². The molecule has 2 aromatic rings. The lowest BCUT2D eigenvalue weighted by Crippen LogP contribution is -2.47. The van der Waals surface area contributed by atoms with Gasteiger partial charge in [0.15, 0.2) is 0 Å². The third-order valence-corrected chi connectivity index (χ3v) is 4.81. The van der Waals surface area contributed by atoms with Crippen LogP contribution >= 0.6 is 11.3 Å². The maximum Gasteiger partial charge on any atom is 0.324 e. The number of thiophene rings is 1. The van der Waals surface area contributed by atoms with E-state index in [0.29, 0.717) is 13.1 Å². The second kappa shape index (κ2) is 6.93. The summed E-state index contributed by atoms with van der Waals surface area (Å²) in [5, 5.41) is 8.05. The Labute approximate surface area is 139 Å². The predicted molar refractivity (Wildman–Crippen MR) is 90.3 cm³/mol. The first-order valence-corrected chi connectivity index (χ1v) is 8.48. The van der Waals surface area contributed by atoms with Gasteiger partial charge < -0.3 is 5.32 Å². The van der Waals surface area contributed by atoms with Crippen LogP contribution in [0.4, 0.5) is 4.79 Å². The van der Waals surface area contributed by atoms with Gasteiger partial charge in [-0.2, -0.15) is 0 Å². The normalized spacial score (nSPS) is 16.9. The number of hydrogen-bond acceptors (Lipinski definition) is 4. The molecule has 1 aliphatic heterocycles. The molecule has 2 N–H and O–H groups in total. The van der Waals surface area contributed by atoms with Crippen molar-refractivity contribution >= 4 is 23.3 Å². The maximum absolute atomic E-state index is 12.5. The van der Waals surface area contributed by atoms with E-state index in [9.17, 15) is 9.59 Å². The highest BCUT2D eigenvalue weighted by Crippen LogP contribution is 2.26. The van der Waals surface area contributed by atoms with E-state index in [1.807, 2.05) is 41.8 Å². The second-order valence-electron chi connectivity index (χ2n) is 5.47. The molecule has 120 valence electrons. The molecule has 1 aliphatic rings. The van der Waals surface area contributed by atoms with Crippen molar-refractivity contribution < 1.29 is 9.59 Å². The monoisotopic (exact) mass is 329 g/mol. The SMILES string of the molecule is C[C@@H](N[C@@H](c1ccccc1)c1cccs1)C(=O)N1CCNC1=O. The number of nitrogens with zero attached hydrogens (tertiary/aromatic N) is 1. The summed E-state index contributed by atoms with van der Waals surface area (Å²) >= 11 is 1.65. The Balaban J connectivity index is 1.79. The van der Waals surface area contributed by atoms with Crippen LogP contribution in [0.5, 0.6) is 0 Å². The van der Waals surface area contributed by atoms with E-state index < -0.39 is 6.04 Å². The van der Waals surface area contributed by atoms with Gasteiger partial charge in [-0.3, -0.25) is 15.0 Å². The first kappa shape index (κ1) is 15.7. The highest BCUT2D eigenvalue weighted by Gasteiger charge is 2.31. The smallest absolute Gasteiger partial charge is 0.324 e. The molecule has 1 saturated heterocycles. The zero-order valence-corrected chi connectivity index (χ0v) is 13.7. The molecule has 0 aliphatic carbocycles. The number of imide groups is 1. The Morgan fingerprint density at radius 3 is 2.65 bits per heavy atom. The Bertz CT molecular complexity index is 672. The van der Waals surface area contributed by atoms with Gasteiger partial charge >= 0.3 is 6.03 Å². The van der Waals surface area contributed by atoms with Gasteiger partial charge in [0.05, 0.1) is 12.1 Å². The first-order valence-electron chi connectivity index (χ1n) is 7.60. The summed E-state index contributed by atoms with van der Waals surface area (Å²) in [4.78, 5) is 26.6. The topological polar surface area (TPSA) is 61.4 Å². The van der Waals surface area contributed by atoms with Gasteiger partial charge in [0, 0.05) is 18.0 Å². The molecule has 1 aromatic heterocycles. The first-order chi connectivity index (χ1) is 11.2. The van der Waals surface area contributed by atoms with Gasteiger partial charge in [-0.15, -0.1) is 11.3 Å². The molecule has 0 radical (unpaired) electrons. The van der Waals surface area contributed by atoms with Crippen LogP contribution in [0.2, 0.25) is 0 Å². The fourth-order valence-corrected chi connectivity index (χ4v) is 3.49. The average Bonchev–Trinajstić information content (AvgIpc) is 3.24. The number of carbonyl (C=O) groups excluding carboxylic acids is 2. The van der Waals surface area contributed by atoms with E-state index in [1.54, 1.807) is 18.3 Å². The molecule has 2 heterocycles. The maximum atomic E-state index is 12.5. The van der Waals surface area contributed by atoms with E-state index in [1.165, 1.54) is 4.90 Å². The summed E-state index contributed by atoms with van der Waals surface area (Å²) in [5.74, 6) is -0.197. The third kappa shape index (κ3) is 3.43. The highest BCUT2D eigenvalue weighted by atomic mass is 32.1. The zero-order valence-electron chi connectivity index (χ0n) is 12.9. The minimum Gasteiger partial charge on any atom is -0.336 e. The molecule has 0 bridgehead atoms. The Morgan fingerprint density at radius 1 is 1.26 bits per heavy atom. The minimum absolute atomic E-state index is 0.0687. The van der Waals surface area contributed by atoms with Crippen molar-refractivity contribution in [3.05, 3.63) is 58.3 Å². The lowest BCUT2D eigenvalue weighted by molar-refractivity contribution is -0.129. The van der Waals surface area contributed by atoms with Gasteiger partial charge in [-0.25, -0.2) is 4.79 Å². The van der Waals surface area contributed by atoms with E-state index in [0.717, 1.165) is 10.4 Å². The van der Waals surface area contributed by atoms with Crippen LogP contribution in [0.25, 0.3) is 0 Å². The molecule has 0 unspecified atom stereocenters. The standard InChI is InChI=1S/C17H19N3O2S/c1-12(16(21)20-10-9-18-17(20)22)19-15(14-8-5-11-23-14)13-6-3-2-4-7-13/h2-8,11-12,15,19H,9-10H2,1H3,(H,18,22)/t12-,15+/m1/s1. The van der Waals surface area contributed by atoms with Crippen LogP contribution in [0.1, 0.15) is 23.4 Å². The summed E-state index contributed by atoms with van der Waals surface area (Å²) < 4.78 is 0. The fraction of sp³-hybridized carbons (Fsp3) is 0.294. The van der Waals surface area contributed by atoms with E-state index in [4.69, 9.17) is 0 Å². The fourth-order valence-electron chi connectivity index (χ4n) is 2.68. The van der Waals surface area contributed by atoms with Crippen molar-refractivity contribution in [2.24, 2.45) is 0 Å². The predicted octanol–water partition coefficient (Wildman–Crippen LogP) is 2.37. The molecule has 0 spiro atoms. The molecular weight excluding hydrogens is 310 g/mol. The molecular formula is C17H19N3O2S. The van der Waals surface area contributed by atoms with Gasteiger partial charge in [-0.05, 0) is 23.9 Å². The summed E-state index contributed by atoms with van der Waals surface area (Å²) in [6.07, 6.45) is 0. The number of nitrogens with one attached hydrogen (secondary N) is 2. The van der Waals surface area contributed by atoms with Gasteiger partial charge in [0.2, 0.25) is 5.91 Å². The van der Waals surface area contributed by atoms with Crippen molar-refractivity contribution in [2.45, 2.75) is 19.0 Å². The van der Waals surface area contributed by atoms with Crippen molar-refractivity contribution in [2.75, 3.05) is 13.1 Å². The third-order valence-electron chi connectivity index (χ3n) is 3.87. The quantitative estimate of drug-likeness (QED) is 0.885. The number of rotatable bonds is 5. The number of amides is 3. The summed E-state index contributed by atoms with van der Waals surface area (Å²) in [5.41, 5.74) is 1.10. The average molecular weight is 329 g/mol. The van der Waals surface area contributed by atoms with Crippen LogP contribution in [-0.4, -0.2) is 36.0 Å². The number of benzene rings is 1. The molecule has 3 rings (SSSR count). The molecule has 1 aromatic carbocycles. The zero-order chi connectivity index (χ0) is 16.2. The molecule has 3 amide bonds.